The Bertz CT molecular complexity index is 1600. The fourth-order valence-electron chi connectivity index (χ4n) is 3.79. The standard InChI is InChI=1S/C32H34N6O8/c1-30(2,28(43)22-8-10-23(11-9-22)29(44)36-25-7-5-6-24(18-25)35-21-39)46-17-16-45-27(42)13-15-32(4,20-34)38-37-31(3,19-33)14-12-26(40)41/h5-11,18H,12-17H2,1-4H3,(H,36,44)(H,40,41). The lowest BCUT2D eigenvalue weighted by atomic mass is 9.95. The number of aliphatic carboxylic acids is 1. The highest BCUT2D eigenvalue weighted by molar-refractivity contribution is 6.06. The molecule has 0 bridgehead atoms. The van der Waals surface area contributed by atoms with Crippen molar-refractivity contribution < 1.29 is 38.6 Å². The van der Waals surface area contributed by atoms with Crippen molar-refractivity contribution in [1.82, 2.24) is 0 Å². The molecule has 0 heterocycles. The number of hydrogen-bond acceptors (Lipinski definition) is 12. The third kappa shape index (κ3) is 11.5. The molecule has 0 saturated carbocycles. The minimum atomic E-state index is -1.45. The molecule has 240 valence electrons. The van der Waals surface area contributed by atoms with Gasteiger partial charge in [0.15, 0.2) is 16.9 Å². The van der Waals surface area contributed by atoms with E-state index in [0.29, 0.717) is 16.9 Å². The van der Waals surface area contributed by atoms with E-state index in [4.69, 9.17) is 14.6 Å². The molecule has 2 unspecified atom stereocenters. The van der Waals surface area contributed by atoms with Gasteiger partial charge < -0.3 is 19.9 Å². The number of nitriles is 2. The first-order valence-electron chi connectivity index (χ1n) is 14.1. The molecule has 2 aromatic rings. The van der Waals surface area contributed by atoms with E-state index in [1.165, 1.54) is 50.3 Å². The number of azo groups is 1. The van der Waals surface area contributed by atoms with E-state index >= 15 is 0 Å². The number of anilines is 1. The number of carboxylic acid groups (broad SMARTS) is 1. The number of Topliss-reactive ketones (excluding diaryl/α,β-unsaturated/α-hetero) is 1. The van der Waals surface area contributed by atoms with Gasteiger partial charge in [0.25, 0.3) is 5.91 Å². The molecule has 0 aromatic heterocycles. The first kappa shape index (κ1) is 36.6. The zero-order valence-corrected chi connectivity index (χ0v) is 25.9. The van der Waals surface area contributed by atoms with Crippen LogP contribution in [0.1, 0.15) is 74.1 Å². The number of isocyanates is 1. The average molecular weight is 631 g/mol. The number of amides is 1. The number of carbonyl (C=O) groups is 4. The minimum absolute atomic E-state index is 0.0633. The Kier molecular flexibility index (Phi) is 13.1. The van der Waals surface area contributed by atoms with Crippen LogP contribution < -0.4 is 5.32 Å². The van der Waals surface area contributed by atoms with Crippen molar-refractivity contribution in [2.24, 2.45) is 15.2 Å². The monoisotopic (exact) mass is 630 g/mol. The van der Waals surface area contributed by atoms with Crippen LogP contribution in [0.3, 0.4) is 0 Å². The molecule has 2 atom stereocenters. The Labute approximate surface area is 265 Å². The summed E-state index contributed by atoms with van der Waals surface area (Å²) in [5.41, 5.74) is -2.82. The molecule has 0 radical (unpaired) electrons. The largest absolute Gasteiger partial charge is 0.481 e. The van der Waals surface area contributed by atoms with Gasteiger partial charge in [-0.2, -0.15) is 25.7 Å². The summed E-state index contributed by atoms with van der Waals surface area (Å²) in [7, 11) is 0. The van der Waals surface area contributed by atoms with Crippen LogP contribution in [0, 0.1) is 22.7 Å². The first-order chi connectivity index (χ1) is 21.7. The first-order valence-corrected chi connectivity index (χ1v) is 14.1. The van der Waals surface area contributed by atoms with Gasteiger partial charge in [0.1, 0.15) is 12.2 Å². The molecule has 0 aliphatic heterocycles. The molecule has 14 nitrogen and oxygen atoms in total. The van der Waals surface area contributed by atoms with Crippen LogP contribution in [0.25, 0.3) is 0 Å². The van der Waals surface area contributed by atoms with E-state index in [0.717, 1.165) is 0 Å². The fraction of sp³-hybridized carbons (Fsp3) is 0.406. The van der Waals surface area contributed by atoms with Gasteiger partial charge in [-0.1, -0.05) is 18.2 Å². The van der Waals surface area contributed by atoms with Gasteiger partial charge >= 0.3 is 11.9 Å². The summed E-state index contributed by atoms with van der Waals surface area (Å²) in [6.45, 7) is 5.68. The van der Waals surface area contributed by atoms with Crippen molar-refractivity contribution in [3.8, 4) is 12.1 Å². The number of esters is 1. The molecular weight excluding hydrogens is 596 g/mol. The fourth-order valence-corrected chi connectivity index (χ4v) is 3.79. The third-order valence-corrected chi connectivity index (χ3v) is 6.66. The quantitative estimate of drug-likeness (QED) is 0.0588. The van der Waals surface area contributed by atoms with E-state index in [9.17, 15) is 34.5 Å². The molecule has 2 N–H and O–H groups in total. The molecule has 0 saturated heterocycles. The van der Waals surface area contributed by atoms with Gasteiger partial charge in [0.05, 0.1) is 24.4 Å². The summed E-state index contributed by atoms with van der Waals surface area (Å²) >= 11 is 0. The summed E-state index contributed by atoms with van der Waals surface area (Å²) in [6.07, 6.45) is 0.787. The zero-order chi connectivity index (χ0) is 34.4. The van der Waals surface area contributed by atoms with Gasteiger partial charge in [0.2, 0.25) is 6.08 Å². The highest BCUT2D eigenvalue weighted by atomic mass is 16.6. The summed E-state index contributed by atoms with van der Waals surface area (Å²) in [6, 6.07) is 16.1. The number of benzene rings is 2. The number of hydrogen-bond donors (Lipinski definition) is 2. The minimum Gasteiger partial charge on any atom is -0.481 e. The van der Waals surface area contributed by atoms with Crippen molar-refractivity contribution in [1.29, 1.82) is 10.5 Å². The van der Waals surface area contributed by atoms with Crippen LogP contribution >= 0.6 is 0 Å². The van der Waals surface area contributed by atoms with E-state index in [2.05, 4.69) is 20.5 Å². The SMILES string of the molecule is CC(C#N)(CCC(=O)O)N=NC(C)(C#N)CCC(=O)OCCOC(C)(C)C(=O)c1ccc(C(=O)Nc2cccc(N=C=O)c2)cc1. The molecule has 1 amide bonds. The Morgan fingerprint density at radius 3 is 2.02 bits per heavy atom. The smallest absolute Gasteiger partial charge is 0.305 e. The highest BCUT2D eigenvalue weighted by Gasteiger charge is 2.31. The number of ether oxygens (including phenoxy) is 2. The van der Waals surface area contributed by atoms with E-state index in [-0.39, 0.29) is 50.2 Å². The van der Waals surface area contributed by atoms with Crippen molar-refractivity contribution in [3.63, 3.8) is 0 Å². The maximum atomic E-state index is 13.1. The Morgan fingerprint density at radius 2 is 1.46 bits per heavy atom. The molecule has 0 aliphatic rings. The molecule has 0 aliphatic carbocycles. The second-order valence-corrected chi connectivity index (χ2v) is 11.1. The lowest BCUT2D eigenvalue weighted by Gasteiger charge is -2.24. The number of ketones is 1. The molecule has 0 fully saturated rings. The number of carboxylic acids is 1. The number of rotatable bonds is 17. The normalized spacial score (nSPS) is 13.6. The van der Waals surface area contributed by atoms with Crippen LogP contribution in [-0.4, -0.2) is 64.7 Å². The van der Waals surface area contributed by atoms with Crippen LogP contribution in [0.5, 0.6) is 0 Å². The highest BCUT2D eigenvalue weighted by Crippen LogP contribution is 2.24. The number of nitrogens with one attached hydrogen (secondary N) is 1. The van der Waals surface area contributed by atoms with Gasteiger partial charge in [-0.15, -0.1) is 0 Å². The van der Waals surface area contributed by atoms with Crippen LogP contribution in [0.15, 0.2) is 63.8 Å². The maximum Gasteiger partial charge on any atom is 0.305 e. The zero-order valence-electron chi connectivity index (χ0n) is 25.9. The lowest BCUT2D eigenvalue weighted by Crippen LogP contribution is -2.36. The maximum absolute atomic E-state index is 13.1. The topological polar surface area (TPSA) is 221 Å². The predicted octanol–water partition coefficient (Wildman–Crippen LogP) is 5.09. The molecule has 46 heavy (non-hydrogen) atoms. The summed E-state index contributed by atoms with van der Waals surface area (Å²) in [5.74, 6) is -2.54. The predicted molar refractivity (Wildman–Crippen MR) is 163 cm³/mol. The molecule has 14 heteroatoms. The van der Waals surface area contributed by atoms with E-state index in [1.54, 1.807) is 32.0 Å². The number of aliphatic imine (C=N–C) groups is 1. The Morgan fingerprint density at radius 1 is 0.870 bits per heavy atom. The molecule has 2 rings (SSSR count). The molecular formula is C32H34N6O8. The Balaban J connectivity index is 1.85. The average Bonchev–Trinajstić information content (AvgIpc) is 3.04. The summed E-state index contributed by atoms with van der Waals surface area (Å²) in [5, 5.41) is 38.3. The summed E-state index contributed by atoms with van der Waals surface area (Å²) < 4.78 is 10.8. The van der Waals surface area contributed by atoms with Crippen LogP contribution in [0.2, 0.25) is 0 Å². The Hall–Kier alpha value is -5.56. The van der Waals surface area contributed by atoms with Crippen LogP contribution in [0.4, 0.5) is 11.4 Å². The van der Waals surface area contributed by atoms with E-state index in [1.807, 2.05) is 12.1 Å². The molecule has 0 spiro atoms. The van der Waals surface area contributed by atoms with Crippen molar-refractivity contribution in [3.05, 3.63) is 59.7 Å². The second-order valence-electron chi connectivity index (χ2n) is 11.1. The molecule has 2 aromatic carbocycles. The van der Waals surface area contributed by atoms with Crippen molar-refractivity contribution in [2.75, 3.05) is 18.5 Å². The van der Waals surface area contributed by atoms with E-state index < -0.39 is 34.5 Å². The summed E-state index contributed by atoms with van der Waals surface area (Å²) in [4.78, 5) is 62.7. The lowest BCUT2D eigenvalue weighted by molar-refractivity contribution is -0.146. The third-order valence-electron chi connectivity index (χ3n) is 6.66. The van der Waals surface area contributed by atoms with Crippen molar-refractivity contribution >= 4 is 41.1 Å². The second kappa shape index (κ2) is 16.5. The van der Waals surface area contributed by atoms with Crippen molar-refractivity contribution in [2.45, 2.75) is 70.1 Å². The van der Waals surface area contributed by atoms with Gasteiger partial charge in [-0.05, 0) is 70.9 Å². The number of nitrogens with zero attached hydrogens (tertiary/aromatic N) is 5. The van der Waals surface area contributed by atoms with Gasteiger partial charge in [0, 0.05) is 29.7 Å². The van der Waals surface area contributed by atoms with Gasteiger partial charge in [-0.25, -0.2) is 4.79 Å². The number of carbonyl (C=O) groups excluding carboxylic acids is 4. The van der Waals surface area contributed by atoms with Crippen LogP contribution in [-0.2, 0) is 23.9 Å². The van der Waals surface area contributed by atoms with Gasteiger partial charge in [-0.3, -0.25) is 19.2 Å².